The van der Waals surface area contributed by atoms with Gasteiger partial charge in [0.25, 0.3) is 0 Å². The average molecular weight is 463 g/mol. The van der Waals surface area contributed by atoms with Gasteiger partial charge in [0.1, 0.15) is 12.6 Å². The van der Waals surface area contributed by atoms with Gasteiger partial charge in [-0.25, -0.2) is 9.59 Å². The largest absolute Gasteiger partial charge is 0.480 e. The number of hydrogen-bond donors (Lipinski definition) is 3. The Labute approximate surface area is 199 Å². The van der Waals surface area contributed by atoms with Gasteiger partial charge < -0.3 is 20.5 Å². The van der Waals surface area contributed by atoms with Crippen molar-refractivity contribution in [1.82, 2.24) is 10.6 Å². The highest BCUT2D eigenvalue weighted by Gasteiger charge is 2.29. The van der Waals surface area contributed by atoms with Gasteiger partial charge in [0.05, 0.1) is 0 Å². The highest BCUT2D eigenvalue weighted by molar-refractivity contribution is 5.84. The van der Waals surface area contributed by atoms with Gasteiger partial charge >= 0.3 is 12.1 Å². The van der Waals surface area contributed by atoms with Crippen molar-refractivity contribution in [2.24, 2.45) is 0 Å². The molecule has 3 rings (SSSR count). The van der Waals surface area contributed by atoms with Gasteiger partial charge in [0, 0.05) is 24.8 Å². The molecule has 0 saturated carbocycles. The molecular formula is C27H30N2O5. The molecule has 0 radical (unpaired) electrons. The molecule has 2 aromatic rings. The topological polar surface area (TPSA) is 105 Å². The number of aliphatic carboxylic acids is 1. The van der Waals surface area contributed by atoms with E-state index in [9.17, 15) is 19.5 Å². The Hall–Kier alpha value is -3.79. The zero-order chi connectivity index (χ0) is 24.5. The molecule has 0 heterocycles. The van der Waals surface area contributed by atoms with E-state index in [-0.39, 0.29) is 25.4 Å². The van der Waals surface area contributed by atoms with Crippen molar-refractivity contribution >= 4 is 18.0 Å². The molecule has 1 aliphatic carbocycles. The van der Waals surface area contributed by atoms with Gasteiger partial charge in [-0.2, -0.15) is 0 Å². The van der Waals surface area contributed by atoms with Crippen LogP contribution in [0.15, 0.2) is 48.5 Å². The number of fused-ring (bicyclic) bond motifs is 3. The van der Waals surface area contributed by atoms with Gasteiger partial charge in [0.2, 0.25) is 5.91 Å². The summed E-state index contributed by atoms with van der Waals surface area (Å²) in [6, 6.07) is 14.5. The first-order valence-corrected chi connectivity index (χ1v) is 11.5. The van der Waals surface area contributed by atoms with E-state index in [0.717, 1.165) is 35.1 Å². The number of ether oxygens (including phenoxy) is 1. The SMILES string of the molecule is C#CCC(NC(=O)C[C@H](CCCC)NC(=O)OCC1c2ccccc2-c2ccccc21)C(=O)O. The van der Waals surface area contributed by atoms with Crippen LogP contribution in [0.2, 0.25) is 0 Å². The Balaban J connectivity index is 1.60. The van der Waals surface area contributed by atoms with Crippen molar-refractivity contribution in [2.75, 3.05) is 6.61 Å². The second-order valence-electron chi connectivity index (χ2n) is 8.38. The third kappa shape index (κ3) is 6.16. The summed E-state index contributed by atoms with van der Waals surface area (Å²) < 4.78 is 5.59. The van der Waals surface area contributed by atoms with Crippen LogP contribution < -0.4 is 10.6 Å². The minimum absolute atomic E-state index is 0.0570. The van der Waals surface area contributed by atoms with Crippen molar-refractivity contribution < 1.29 is 24.2 Å². The maximum absolute atomic E-state index is 12.6. The molecule has 0 aliphatic heterocycles. The molecular weight excluding hydrogens is 432 g/mol. The smallest absolute Gasteiger partial charge is 0.407 e. The maximum Gasteiger partial charge on any atom is 0.407 e. The third-order valence-electron chi connectivity index (χ3n) is 5.96. The Bertz CT molecular complexity index is 1030. The first kappa shape index (κ1) is 24.8. The number of benzene rings is 2. The minimum Gasteiger partial charge on any atom is -0.480 e. The lowest BCUT2D eigenvalue weighted by atomic mass is 9.98. The third-order valence-corrected chi connectivity index (χ3v) is 5.96. The molecule has 34 heavy (non-hydrogen) atoms. The molecule has 7 nitrogen and oxygen atoms in total. The number of rotatable bonds is 11. The Kier molecular flexibility index (Phi) is 8.69. The zero-order valence-electron chi connectivity index (χ0n) is 19.3. The van der Waals surface area contributed by atoms with E-state index in [1.54, 1.807) is 0 Å². The zero-order valence-corrected chi connectivity index (χ0v) is 19.3. The summed E-state index contributed by atoms with van der Waals surface area (Å²) in [4.78, 5) is 36.3. The van der Waals surface area contributed by atoms with Crippen LogP contribution in [-0.2, 0) is 14.3 Å². The second-order valence-corrected chi connectivity index (χ2v) is 8.38. The molecule has 1 unspecified atom stereocenters. The highest BCUT2D eigenvalue weighted by atomic mass is 16.5. The number of carbonyl (C=O) groups is 3. The summed E-state index contributed by atoms with van der Waals surface area (Å²) in [5.41, 5.74) is 4.52. The van der Waals surface area contributed by atoms with Gasteiger partial charge in [-0.3, -0.25) is 4.79 Å². The summed E-state index contributed by atoms with van der Waals surface area (Å²) in [6.45, 7) is 2.19. The second kappa shape index (κ2) is 11.9. The van der Waals surface area contributed by atoms with E-state index < -0.39 is 30.1 Å². The first-order chi connectivity index (χ1) is 16.4. The molecule has 2 atom stereocenters. The number of alkyl carbamates (subject to hydrolysis) is 1. The molecule has 0 bridgehead atoms. The van der Waals surface area contributed by atoms with Crippen LogP contribution >= 0.6 is 0 Å². The summed E-state index contributed by atoms with van der Waals surface area (Å²) in [5, 5.41) is 14.4. The van der Waals surface area contributed by atoms with Crippen LogP contribution in [0.5, 0.6) is 0 Å². The van der Waals surface area contributed by atoms with Crippen molar-refractivity contribution in [3.63, 3.8) is 0 Å². The molecule has 2 aromatic carbocycles. The minimum atomic E-state index is -1.19. The number of carbonyl (C=O) groups excluding carboxylic acids is 2. The van der Waals surface area contributed by atoms with Crippen molar-refractivity contribution in [3.05, 3.63) is 59.7 Å². The number of unbranched alkanes of at least 4 members (excludes halogenated alkanes) is 1. The van der Waals surface area contributed by atoms with Gasteiger partial charge in [0.15, 0.2) is 0 Å². The number of carboxylic acid groups (broad SMARTS) is 1. The molecule has 1 aliphatic rings. The van der Waals surface area contributed by atoms with Crippen LogP contribution in [0, 0.1) is 12.3 Å². The van der Waals surface area contributed by atoms with Crippen molar-refractivity contribution in [1.29, 1.82) is 0 Å². The fourth-order valence-corrected chi connectivity index (χ4v) is 4.28. The van der Waals surface area contributed by atoms with E-state index in [4.69, 9.17) is 11.2 Å². The molecule has 3 N–H and O–H groups in total. The van der Waals surface area contributed by atoms with E-state index in [2.05, 4.69) is 28.7 Å². The predicted octanol–water partition coefficient (Wildman–Crippen LogP) is 4.07. The lowest BCUT2D eigenvalue weighted by Crippen LogP contribution is -2.44. The van der Waals surface area contributed by atoms with Gasteiger partial charge in [-0.15, -0.1) is 12.3 Å². The van der Waals surface area contributed by atoms with E-state index in [1.807, 2.05) is 43.3 Å². The van der Waals surface area contributed by atoms with Gasteiger partial charge in [-0.05, 0) is 28.7 Å². The highest BCUT2D eigenvalue weighted by Crippen LogP contribution is 2.44. The van der Waals surface area contributed by atoms with Crippen molar-refractivity contribution in [3.8, 4) is 23.5 Å². The van der Waals surface area contributed by atoms with Crippen LogP contribution in [0.3, 0.4) is 0 Å². The van der Waals surface area contributed by atoms with Crippen molar-refractivity contribution in [2.45, 2.75) is 57.0 Å². The van der Waals surface area contributed by atoms with Gasteiger partial charge in [-0.1, -0.05) is 68.3 Å². The Morgan fingerprint density at radius 2 is 1.68 bits per heavy atom. The first-order valence-electron chi connectivity index (χ1n) is 11.5. The Morgan fingerprint density at radius 3 is 2.24 bits per heavy atom. The standard InChI is InChI=1S/C27H30N2O5/c1-3-5-11-18(16-25(30)29-24(10-4-2)26(31)32)28-27(33)34-17-23-21-14-8-6-12-19(21)20-13-7-9-15-22(20)23/h2,6-9,12-15,18,23-24H,3,5,10-11,16-17H2,1H3,(H,28,33)(H,29,30)(H,31,32)/t18-,24?/m0/s1. The summed E-state index contributed by atoms with van der Waals surface area (Å²) >= 11 is 0. The maximum atomic E-state index is 12.6. The fourth-order valence-electron chi connectivity index (χ4n) is 4.28. The Morgan fingerprint density at radius 1 is 1.06 bits per heavy atom. The normalized spacial score (nSPS) is 13.6. The summed E-state index contributed by atoms with van der Waals surface area (Å²) in [5.74, 6) is 0.510. The van der Waals surface area contributed by atoms with E-state index in [0.29, 0.717) is 6.42 Å². The van der Waals surface area contributed by atoms with E-state index in [1.165, 1.54) is 0 Å². The van der Waals surface area contributed by atoms with Crippen LogP contribution in [0.25, 0.3) is 11.1 Å². The number of carboxylic acids is 1. The lowest BCUT2D eigenvalue weighted by molar-refractivity contribution is -0.141. The van der Waals surface area contributed by atoms with E-state index >= 15 is 0 Å². The molecule has 0 saturated heterocycles. The lowest BCUT2D eigenvalue weighted by Gasteiger charge is -2.20. The van der Waals surface area contributed by atoms with Crippen LogP contribution in [-0.4, -0.2) is 41.8 Å². The average Bonchev–Trinajstić information content (AvgIpc) is 3.14. The monoisotopic (exact) mass is 462 g/mol. The molecule has 0 fully saturated rings. The quantitative estimate of drug-likeness (QED) is 0.437. The number of nitrogens with one attached hydrogen (secondary N) is 2. The molecule has 0 spiro atoms. The van der Waals surface area contributed by atoms with Crippen LogP contribution in [0.4, 0.5) is 4.79 Å². The van der Waals surface area contributed by atoms with Crippen LogP contribution in [0.1, 0.15) is 56.1 Å². The number of terminal acetylenes is 1. The number of amides is 2. The fraction of sp³-hybridized carbons (Fsp3) is 0.370. The molecule has 2 amide bonds. The molecule has 0 aromatic heterocycles. The molecule has 178 valence electrons. The molecule has 7 heteroatoms. The number of hydrogen-bond acceptors (Lipinski definition) is 4. The summed E-state index contributed by atoms with van der Waals surface area (Å²) in [7, 11) is 0. The predicted molar refractivity (Wildman–Crippen MR) is 129 cm³/mol. The summed E-state index contributed by atoms with van der Waals surface area (Å²) in [6.07, 6.45) is 6.67.